The Balaban J connectivity index is 1.94. The molecule has 3 rings (SSSR count). The highest BCUT2D eigenvalue weighted by molar-refractivity contribution is 5.82. The van der Waals surface area contributed by atoms with Crippen LogP contribution in [0.5, 0.6) is 5.75 Å². The lowest BCUT2D eigenvalue weighted by molar-refractivity contribution is 0.415. The third-order valence-corrected chi connectivity index (χ3v) is 3.42. The molecule has 114 valence electrons. The van der Waals surface area contributed by atoms with Crippen LogP contribution in [0.1, 0.15) is 5.56 Å². The molecular formula is C20H18N2O. The van der Waals surface area contributed by atoms with E-state index in [1.165, 1.54) is 0 Å². The Hall–Kier alpha value is -3.07. The number of nitrogens with zero attached hydrogens (tertiary/aromatic N) is 2. The van der Waals surface area contributed by atoms with Gasteiger partial charge >= 0.3 is 0 Å². The van der Waals surface area contributed by atoms with E-state index in [0.717, 1.165) is 22.7 Å². The summed E-state index contributed by atoms with van der Waals surface area (Å²) in [5.41, 5.74) is 3.01. The van der Waals surface area contributed by atoms with Gasteiger partial charge < -0.3 is 4.74 Å². The van der Waals surface area contributed by atoms with Gasteiger partial charge in [0.05, 0.1) is 24.7 Å². The van der Waals surface area contributed by atoms with E-state index in [-0.39, 0.29) is 0 Å². The molecule has 3 aromatic carbocycles. The van der Waals surface area contributed by atoms with Crippen LogP contribution >= 0.6 is 0 Å². The molecule has 0 aliphatic rings. The highest BCUT2D eigenvalue weighted by atomic mass is 16.5. The molecule has 23 heavy (non-hydrogen) atoms. The standard InChI is InChI=1S/C20H18N2O/c1-23-20-14-8-9-17(15-20)16-21-22(18-10-4-2-5-11-18)19-12-6-3-7-13-19/h2-16H,1H3/b21-16-. The molecule has 0 N–H and O–H groups in total. The molecule has 0 bridgehead atoms. The van der Waals surface area contributed by atoms with Gasteiger partial charge in [-0.1, -0.05) is 48.5 Å². The summed E-state index contributed by atoms with van der Waals surface area (Å²) in [6.07, 6.45) is 1.84. The van der Waals surface area contributed by atoms with Gasteiger partial charge in [-0.05, 0) is 42.0 Å². The number of benzene rings is 3. The van der Waals surface area contributed by atoms with Crippen molar-refractivity contribution < 1.29 is 4.74 Å². The van der Waals surface area contributed by atoms with Gasteiger partial charge in [0.1, 0.15) is 5.75 Å². The molecule has 3 heteroatoms. The lowest BCUT2D eigenvalue weighted by Crippen LogP contribution is -2.09. The first-order valence-corrected chi connectivity index (χ1v) is 7.45. The van der Waals surface area contributed by atoms with E-state index in [1.54, 1.807) is 7.11 Å². The fraction of sp³-hybridized carbons (Fsp3) is 0.0500. The Kier molecular flexibility index (Phi) is 4.69. The maximum absolute atomic E-state index is 5.26. The summed E-state index contributed by atoms with van der Waals surface area (Å²) < 4.78 is 5.26. The quantitative estimate of drug-likeness (QED) is 0.496. The summed E-state index contributed by atoms with van der Waals surface area (Å²) in [7, 11) is 1.66. The molecule has 0 heterocycles. The van der Waals surface area contributed by atoms with E-state index in [9.17, 15) is 0 Å². The Morgan fingerprint density at radius 2 is 1.39 bits per heavy atom. The summed E-state index contributed by atoms with van der Waals surface area (Å²) in [6, 6.07) is 28.0. The van der Waals surface area contributed by atoms with E-state index in [4.69, 9.17) is 4.74 Å². The third-order valence-electron chi connectivity index (χ3n) is 3.42. The fourth-order valence-electron chi connectivity index (χ4n) is 2.27. The second-order valence-corrected chi connectivity index (χ2v) is 5.00. The van der Waals surface area contributed by atoms with Crippen LogP contribution in [0, 0.1) is 0 Å². The maximum Gasteiger partial charge on any atom is 0.119 e. The molecule has 0 fully saturated rings. The van der Waals surface area contributed by atoms with Gasteiger partial charge in [0.15, 0.2) is 0 Å². The minimum Gasteiger partial charge on any atom is -0.497 e. The van der Waals surface area contributed by atoms with Crippen LogP contribution in [-0.2, 0) is 0 Å². The normalized spacial score (nSPS) is 10.7. The summed E-state index contributed by atoms with van der Waals surface area (Å²) in [5.74, 6) is 0.819. The topological polar surface area (TPSA) is 24.8 Å². The van der Waals surface area contributed by atoms with Crippen LogP contribution in [0.2, 0.25) is 0 Å². The average Bonchev–Trinajstić information content (AvgIpc) is 2.64. The third kappa shape index (κ3) is 3.77. The summed E-state index contributed by atoms with van der Waals surface area (Å²) in [4.78, 5) is 0. The zero-order valence-corrected chi connectivity index (χ0v) is 13.0. The summed E-state index contributed by atoms with van der Waals surface area (Å²) >= 11 is 0. The molecule has 3 aromatic rings. The summed E-state index contributed by atoms with van der Waals surface area (Å²) in [6.45, 7) is 0. The fourth-order valence-corrected chi connectivity index (χ4v) is 2.27. The zero-order valence-electron chi connectivity index (χ0n) is 13.0. The van der Waals surface area contributed by atoms with Crippen LogP contribution in [-0.4, -0.2) is 13.3 Å². The molecule has 0 saturated carbocycles. The Morgan fingerprint density at radius 1 is 0.783 bits per heavy atom. The Morgan fingerprint density at radius 3 is 1.96 bits per heavy atom. The van der Waals surface area contributed by atoms with Crippen molar-refractivity contribution in [1.82, 2.24) is 0 Å². The number of hydrogen-bond acceptors (Lipinski definition) is 3. The molecule has 0 aliphatic carbocycles. The van der Waals surface area contributed by atoms with Gasteiger partial charge in [-0.15, -0.1) is 0 Å². The number of anilines is 2. The van der Waals surface area contributed by atoms with E-state index in [1.807, 2.05) is 96.2 Å². The highest BCUT2D eigenvalue weighted by Gasteiger charge is 2.06. The number of hydrogen-bond donors (Lipinski definition) is 0. The molecule has 0 unspecified atom stereocenters. The lowest BCUT2D eigenvalue weighted by atomic mass is 10.2. The largest absolute Gasteiger partial charge is 0.497 e. The molecule has 0 atom stereocenters. The predicted molar refractivity (Wildman–Crippen MR) is 95.6 cm³/mol. The molecule has 0 radical (unpaired) electrons. The minimum absolute atomic E-state index is 0.819. The number of hydrazone groups is 1. The lowest BCUT2D eigenvalue weighted by Gasteiger charge is -2.19. The van der Waals surface area contributed by atoms with Crippen LogP contribution in [0.4, 0.5) is 11.4 Å². The van der Waals surface area contributed by atoms with Crippen molar-refractivity contribution in [3.63, 3.8) is 0 Å². The molecule has 0 amide bonds. The van der Waals surface area contributed by atoms with Crippen molar-refractivity contribution >= 4 is 17.6 Å². The van der Waals surface area contributed by atoms with Crippen LogP contribution in [0.3, 0.4) is 0 Å². The highest BCUT2D eigenvalue weighted by Crippen LogP contribution is 2.25. The molecule has 0 saturated heterocycles. The Bertz CT molecular complexity index is 730. The number of methoxy groups -OCH3 is 1. The van der Waals surface area contributed by atoms with Crippen molar-refractivity contribution in [3.8, 4) is 5.75 Å². The SMILES string of the molecule is COc1cccc(/C=N\N(c2ccccc2)c2ccccc2)c1. The molecular weight excluding hydrogens is 284 g/mol. The van der Waals surface area contributed by atoms with Crippen molar-refractivity contribution in [1.29, 1.82) is 0 Å². The second-order valence-electron chi connectivity index (χ2n) is 5.00. The van der Waals surface area contributed by atoms with Gasteiger partial charge in [0.25, 0.3) is 0 Å². The Labute approximate surface area is 136 Å². The molecule has 0 aromatic heterocycles. The van der Waals surface area contributed by atoms with Crippen molar-refractivity contribution in [2.45, 2.75) is 0 Å². The molecule has 3 nitrogen and oxygen atoms in total. The van der Waals surface area contributed by atoms with E-state index >= 15 is 0 Å². The van der Waals surface area contributed by atoms with E-state index < -0.39 is 0 Å². The molecule has 0 spiro atoms. The van der Waals surface area contributed by atoms with Gasteiger partial charge in [-0.2, -0.15) is 5.10 Å². The van der Waals surface area contributed by atoms with Crippen molar-refractivity contribution in [2.75, 3.05) is 12.1 Å². The first kappa shape index (κ1) is 14.9. The first-order chi connectivity index (χ1) is 11.4. The van der Waals surface area contributed by atoms with Gasteiger partial charge in [-0.25, -0.2) is 5.01 Å². The van der Waals surface area contributed by atoms with Crippen LogP contribution in [0.25, 0.3) is 0 Å². The van der Waals surface area contributed by atoms with Gasteiger partial charge in [-0.3, -0.25) is 0 Å². The van der Waals surface area contributed by atoms with Crippen molar-refractivity contribution in [2.24, 2.45) is 5.10 Å². The predicted octanol–water partition coefficient (Wildman–Crippen LogP) is 4.87. The zero-order chi connectivity index (χ0) is 15.9. The van der Waals surface area contributed by atoms with Gasteiger partial charge in [0.2, 0.25) is 0 Å². The number of para-hydroxylation sites is 2. The first-order valence-electron chi connectivity index (χ1n) is 7.45. The van der Waals surface area contributed by atoms with Crippen LogP contribution in [0.15, 0.2) is 90.0 Å². The molecule has 0 aliphatic heterocycles. The van der Waals surface area contributed by atoms with Crippen molar-refractivity contribution in [3.05, 3.63) is 90.5 Å². The van der Waals surface area contributed by atoms with Gasteiger partial charge in [0, 0.05) is 0 Å². The maximum atomic E-state index is 5.26. The monoisotopic (exact) mass is 302 g/mol. The van der Waals surface area contributed by atoms with E-state index in [0.29, 0.717) is 0 Å². The average molecular weight is 302 g/mol. The van der Waals surface area contributed by atoms with Crippen LogP contribution < -0.4 is 9.75 Å². The van der Waals surface area contributed by atoms with E-state index in [2.05, 4.69) is 5.10 Å². The second kappa shape index (κ2) is 7.27. The minimum atomic E-state index is 0.819. The summed E-state index contributed by atoms with van der Waals surface area (Å²) in [5, 5.41) is 6.58. The number of ether oxygens (including phenoxy) is 1. The number of rotatable bonds is 5. The smallest absolute Gasteiger partial charge is 0.119 e.